The normalized spacial score (nSPS) is 11.0. The van der Waals surface area contributed by atoms with Gasteiger partial charge in [-0.1, -0.05) is 6.07 Å². The summed E-state index contributed by atoms with van der Waals surface area (Å²) in [6.07, 6.45) is 2.82. The fourth-order valence-electron chi connectivity index (χ4n) is 2.05. The Morgan fingerprint density at radius 1 is 1.24 bits per heavy atom. The van der Waals surface area contributed by atoms with Crippen LogP contribution in [0.2, 0.25) is 0 Å². The molecule has 0 bridgehead atoms. The molecule has 0 saturated carbocycles. The minimum atomic E-state index is -0.244. The molecule has 0 aromatic heterocycles. The SMILES string of the molecule is CNCc1ccc(OCCCCC(C)(C)C#N)c(OC)c1. The predicted molar refractivity (Wildman–Crippen MR) is 84.5 cm³/mol. The molecule has 4 heteroatoms. The highest BCUT2D eigenvalue weighted by atomic mass is 16.5. The highest BCUT2D eigenvalue weighted by Crippen LogP contribution is 2.28. The Kier molecular flexibility index (Phi) is 7.04. The van der Waals surface area contributed by atoms with Crippen LogP contribution in [0.5, 0.6) is 11.5 Å². The number of nitrogens with one attached hydrogen (secondary N) is 1. The van der Waals surface area contributed by atoms with Gasteiger partial charge in [-0.3, -0.25) is 0 Å². The van der Waals surface area contributed by atoms with Gasteiger partial charge in [-0.05, 0) is 57.9 Å². The van der Waals surface area contributed by atoms with Crippen LogP contribution in [0.4, 0.5) is 0 Å². The highest BCUT2D eigenvalue weighted by molar-refractivity contribution is 5.42. The average molecular weight is 290 g/mol. The summed E-state index contributed by atoms with van der Waals surface area (Å²) in [5.41, 5.74) is 0.921. The maximum atomic E-state index is 8.96. The largest absolute Gasteiger partial charge is 0.493 e. The van der Waals surface area contributed by atoms with Crippen molar-refractivity contribution in [3.05, 3.63) is 23.8 Å². The number of ether oxygens (including phenoxy) is 2. The summed E-state index contributed by atoms with van der Waals surface area (Å²) in [5.74, 6) is 1.54. The van der Waals surface area contributed by atoms with Crippen LogP contribution in [0.25, 0.3) is 0 Å². The van der Waals surface area contributed by atoms with Crippen molar-refractivity contribution in [3.63, 3.8) is 0 Å². The smallest absolute Gasteiger partial charge is 0.161 e. The molecule has 1 aromatic carbocycles. The van der Waals surface area contributed by atoms with E-state index in [1.165, 1.54) is 0 Å². The van der Waals surface area contributed by atoms with Crippen molar-refractivity contribution in [3.8, 4) is 17.6 Å². The Bertz CT molecular complexity index is 478. The summed E-state index contributed by atoms with van der Waals surface area (Å²) < 4.78 is 11.1. The van der Waals surface area contributed by atoms with Gasteiger partial charge < -0.3 is 14.8 Å². The molecule has 0 radical (unpaired) electrons. The molecule has 0 heterocycles. The van der Waals surface area contributed by atoms with E-state index in [2.05, 4.69) is 11.4 Å². The number of nitriles is 1. The number of hydrogen-bond acceptors (Lipinski definition) is 4. The molecule has 1 rings (SSSR count). The Hall–Kier alpha value is -1.73. The van der Waals surface area contributed by atoms with Crippen LogP contribution in [0.3, 0.4) is 0 Å². The van der Waals surface area contributed by atoms with Gasteiger partial charge in [0.05, 0.1) is 25.2 Å². The monoisotopic (exact) mass is 290 g/mol. The van der Waals surface area contributed by atoms with Crippen molar-refractivity contribution in [2.24, 2.45) is 5.41 Å². The van der Waals surface area contributed by atoms with E-state index in [0.29, 0.717) is 6.61 Å². The molecule has 0 spiro atoms. The Morgan fingerprint density at radius 3 is 2.62 bits per heavy atom. The topological polar surface area (TPSA) is 54.3 Å². The van der Waals surface area contributed by atoms with Crippen LogP contribution in [0.15, 0.2) is 18.2 Å². The first-order valence-corrected chi connectivity index (χ1v) is 7.38. The predicted octanol–water partition coefficient (Wildman–Crippen LogP) is 3.51. The van der Waals surface area contributed by atoms with E-state index in [1.54, 1.807) is 7.11 Å². The van der Waals surface area contributed by atoms with E-state index in [-0.39, 0.29) is 5.41 Å². The molecular formula is C17H26N2O2. The lowest BCUT2D eigenvalue weighted by atomic mass is 9.89. The van der Waals surface area contributed by atoms with Crippen LogP contribution in [0.1, 0.15) is 38.7 Å². The number of unbranched alkanes of at least 4 members (excludes halogenated alkanes) is 1. The highest BCUT2D eigenvalue weighted by Gasteiger charge is 2.15. The molecule has 116 valence electrons. The number of methoxy groups -OCH3 is 1. The van der Waals surface area contributed by atoms with Gasteiger partial charge in [0.15, 0.2) is 11.5 Å². The zero-order valence-corrected chi connectivity index (χ0v) is 13.5. The molecule has 4 nitrogen and oxygen atoms in total. The molecule has 0 unspecified atom stereocenters. The lowest BCUT2D eigenvalue weighted by Crippen LogP contribution is -2.08. The van der Waals surface area contributed by atoms with Gasteiger partial charge in [0.1, 0.15) is 0 Å². The van der Waals surface area contributed by atoms with Gasteiger partial charge in [-0.25, -0.2) is 0 Å². The average Bonchev–Trinajstić information content (AvgIpc) is 2.48. The quantitative estimate of drug-likeness (QED) is 0.707. The van der Waals surface area contributed by atoms with E-state index in [0.717, 1.165) is 42.9 Å². The van der Waals surface area contributed by atoms with Crippen molar-refractivity contribution in [2.75, 3.05) is 20.8 Å². The maximum Gasteiger partial charge on any atom is 0.161 e. The van der Waals surface area contributed by atoms with E-state index in [1.807, 2.05) is 39.1 Å². The Labute approximate surface area is 128 Å². The van der Waals surface area contributed by atoms with Crippen molar-refractivity contribution in [1.29, 1.82) is 5.26 Å². The Balaban J connectivity index is 2.43. The molecule has 0 atom stereocenters. The fourth-order valence-corrected chi connectivity index (χ4v) is 2.05. The second kappa shape index (κ2) is 8.53. The fraction of sp³-hybridized carbons (Fsp3) is 0.588. The number of benzene rings is 1. The molecule has 1 N–H and O–H groups in total. The van der Waals surface area contributed by atoms with Crippen LogP contribution in [-0.4, -0.2) is 20.8 Å². The summed E-state index contributed by atoms with van der Waals surface area (Å²) >= 11 is 0. The molecular weight excluding hydrogens is 264 g/mol. The van der Waals surface area contributed by atoms with Gasteiger partial charge in [-0.15, -0.1) is 0 Å². The lowest BCUT2D eigenvalue weighted by Gasteiger charge is -2.15. The first-order chi connectivity index (χ1) is 10.0. The van der Waals surface area contributed by atoms with E-state index in [9.17, 15) is 0 Å². The number of hydrogen-bond donors (Lipinski definition) is 1. The first kappa shape index (κ1) is 17.3. The second-order valence-electron chi connectivity index (χ2n) is 5.82. The Morgan fingerprint density at radius 2 is 2.00 bits per heavy atom. The van der Waals surface area contributed by atoms with Crippen LogP contribution in [0, 0.1) is 16.7 Å². The third-order valence-corrected chi connectivity index (χ3v) is 3.37. The first-order valence-electron chi connectivity index (χ1n) is 7.38. The molecule has 0 aliphatic rings. The minimum absolute atomic E-state index is 0.244. The van der Waals surface area contributed by atoms with Crippen LogP contribution < -0.4 is 14.8 Å². The van der Waals surface area contributed by atoms with Gasteiger partial charge in [0.25, 0.3) is 0 Å². The number of nitrogens with zero attached hydrogens (tertiary/aromatic N) is 1. The molecule has 0 fully saturated rings. The van der Waals surface area contributed by atoms with Crippen molar-refractivity contribution in [2.45, 2.75) is 39.7 Å². The minimum Gasteiger partial charge on any atom is -0.493 e. The molecule has 0 aliphatic carbocycles. The summed E-state index contributed by atoms with van der Waals surface area (Å²) in [5, 5.41) is 12.1. The summed E-state index contributed by atoms with van der Waals surface area (Å²) in [7, 11) is 3.57. The van der Waals surface area contributed by atoms with Gasteiger partial charge >= 0.3 is 0 Å². The summed E-state index contributed by atoms with van der Waals surface area (Å²) in [4.78, 5) is 0. The van der Waals surface area contributed by atoms with E-state index in [4.69, 9.17) is 14.7 Å². The zero-order valence-electron chi connectivity index (χ0n) is 13.5. The second-order valence-corrected chi connectivity index (χ2v) is 5.82. The van der Waals surface area contributed by atoms with Crippen LogP contribution in [-0.2, 0) is 6.54 Å². The third-order valence-electron chi connectivity index (χ3n) is 3.37. The maximum absolute atomic E-state index is 8.96. The standard InChI is InChI=1S/C17H26N2O2/c1-17(2,13-18)9-5-6-10-21-15-8-7-14(12-19-3)11-16(15)20-4/h7-8,11,19H,5-6,9-10,12H2,1-4H3. The van der Waals surface area contributed by atoms with Gasteiger partial charge in [0.2, 0.25) is 0 Å². The van der Waals surface area contributed by atoms with Crippen molar-refractivity contribution in [1.82, 2.24) is 5.32 Å². The van der Waals surface area contributed by atoms with Gasteiger partial charge in [0, 0.05) is 6.54 Å². The summed E-state index contributed by atoms with van der Waals surface area (Å²) in [6.45, 7) is 5.39. The van der Waals surface area contributed by atoms with Crippen LogP contribution >= 0.6 is 0 Å². The number of rotatable bonds is 9. The molecule has 1 aromatic rings. The van der Waals surface area contributed by atoms with E-state index >= 15 is 0 Å². The molecule has 0 amide bonds. The van der Waals surface area contributed by atoms with E-state index < -0.39 is 0 Å². The molecule has 21 heavy (non-hydrogen) atoms. The molecule has 0 saturated heterocycles. The molecule has 0 aliphatic heterocycles. The van der Waals surface area contributed by atoms with Crippen molar-refractivity contribution < 1.29 is 9.47 Å². The van der Waals surface area contributed by atoms with Gasteiger partial charge in [-0.2, -0.15) is 5.26 Å². The van der Waals surface area contributed by atoms with Crippen molar-refractivity contribution >= 4 is 0 Å². The lowest BCUT2D eigenvalue weighted by molar-refractivity contribution is 0.278. The summed E-state index contributed by atoms with van der Waals surface area (Å²) in [6, 6.07) is 8.29. The third kappa shape index (κ3) is 6.05. The zero-order chi connectivity index (χ0) is 15.7.